The molecule has 0 saturated carbocycles. The molecule has 1 heterocycles. The van der Waals surface area contributed by atoms with Crippen LogP contribution in [0.5, 0.6) is 0 Å². The lowest BCUT2D eigenvalue weighted by molar-refractivity contribution is -0.137. The summed E-state index contributed by atoms with van der Waals surface area (Å²) in [5.41, 5.74) is 3.42. The smallest absolute Gasteiger partial charge is 0.323 e. The number of para-hydroxylation sites is 2. The molecule has 3 aromatic rings. The second-order valence-corrected chi connectivity index (χ2v) is 5.30. The second-order valence-electron chi connectivity index (χ2n) is 4.86. The van der Waals surface area contributed by atoms with Crippen molar-refractivity contribution in [2.45, 2.75) is 13.5 Å². The molecule has 3 rings (SSSR count). The number of hydrogen-bond donors (Lipinski definition) is 1. The standard InChI is InChI=1S/C16H13ClN2O2/c1-10-6-7-11(17)8-12(10)16-18-13-4-2-3-5-14(13)19(16)9-15(20)21/h2-8H,9H2,1H3,(H,20,21). The van der Waals surface area contributed by atoms with Gasteiger partial charge in [0.2, 0.25) is 0 Å². The Bertz CT molecular complexity index is 839. The number of aromatic nitrogens is 2. The molecule has 0 aliphatic carbocycles. The Kier molecular flexibility index (Phi) is 3.39. The average molecular weight is 301 g/mol. The molecule has 0 aliphatic rings. The molecule has 1 aromatic heterocycles. The average Bonchev–Trinajstić information content (AvgIpc) is 2.80. The minimum absolute atomic E-state index is 0.137. The van der Waals surface area contributed by atoms with E-state index in [2.05, 4.69) is 4.98 Å². The number of nitrogens with zero attached hydrogens (tertiary/aromatic N) is 2. The molecular weight excluding hydrogens is 288 g/mol. The van der Waals surface area contributed by atoms with Crippen LogP contribution in [0.1, 0.15) is 5.56 Å². The van der Waals surface area contributed by atoms with Crippen LogP contribution in [0.25, 0.3) is 22.4 Å². The van der Waals surface area contributed by atoms with Gasteiger partial charge in [-0.2, -0.15) is 0 Å². The highest BCUT2D eigenvalue weighted by atomic mass is 35.5. The van der Waals surface area contributed by atoms with Gasteiger partial charge in [0, 0.05) is 10.6 Å². The number of fused-ring (bicyclic) bond motifs is 1. The first-order chi connectivity index (χ1) is 10.1. The Morgan fingerprint density at radius 1 is 1.29 bits per heavy atom. The Morgan fingerprint density at radius 2 is 2.05 bits per heavy atom. The molecule has 0 spiro atoms. The van der Waals surface area contributed by atoms with E-state index < -0.39 is 5.97 Å². The van der Waals surface area contributed by atoms with Crippen molar-refractivity contribution in [3.8, 4) is 11.4 Å². The zero-order valence-electron chi connectivity index (χ0n) is 11.4. The van der Waals surface area contributed by atoms with Gasteiger partial charge in [0.1, 0.15) is 12.4 Å². The Morgan fingerprint density at radius 3 is 2.81 bits per heavy atom. The first-order valence-corrected chi connectivity index (χ1v) is 6.87. The molecule has 0 saturated heterocycles. The largest absolute Gasteiger partial charge is 0.480 e. The summed E-state index contributed by atoms with van der Waals surface area (Å²) in [6, 6.07) is 13.0. The lowest BCUT2D eigenvalue weighted by atomic mass is 10.1. The molecule has 0 atom stereocenters. The van der Waals surface area contributed by atoms with Gasteiger partial charge in [-0.1, -0.05) is 29.8 Å². The van der Waals surface area contributed by atoms with Crippen LogP contribution in [0.3, 0.4) is 0 Å². The lowest BCUT2D eigenvalue weighted by Crippen LogP contribution is -2.10. The van der Waals surface area contributed by atoms with Crippen molar-refractivity contribution in [1.82, 2.24) is 9.55 Å². The summed E-state index contributed by atoms with van der Waals surface area (Å²) in [5, 5.41) is 9.77. The van der Waals surface area contributed by atoms with Gasteiger partial charge in [-0.05, 0) is 36.8 Å². The summed E-state index contributed by atoms with van der Waals surface area (Å²) in [6.45, 7) is 1.82. The summed E-state index contributed by atoms with van der Waals surface area (Å²) >= 11 is 6.07. The van der Waals surface area contributed by atoms with Crippen molar-refractivity contribution in [2.24, 2.45) is 0 Å². The summed E-state index contributed by atoms with van der Waals surface area (Å²) in [4.78, 5) is 15.7. The summed E-state index contributed by atoms with van der Waals surface area (Å²) in [6.07, 6.45) is 0. The third kappa shape index (κ3) is 2.50. The zero-order valence-corrected chi connectivity index (χ0v) is 12.1. The minimum atomic E-state index is -0.904. The van der Waals surface area contributed by atoms with Crippen molar-refractivity contribution in [3.63, 3.8) is 0 Å². The van der Waals surface area contributed by atoms with Crippen molar-refractivity contribution >= 4 is 28.6 Å². The quantitative estimate of drug-likeness (QED) is 0.801. The molecule has 0 amide bonds. The number of benzene rings is 2. The van der Waals surface area contributed by atoms with Crippen molar-refractivity contribution in [3.05, 3.63) is 53.1 Å². The SMILES string of the molecule is Cc1ccc(Cl)cc1-c1nc2ccccc2n1CC(=O)O. The highest BCUT2D eigenvalue weighted by Crippen LogP contribution is 2.29. The molecule has 0 bridgehead atoms. The Balaban J connectivity index is 2.30. The third-order valence-electron chi connectivity index (χ3n) is 3.39. The van der Waals surface area contributed by atoms with E-state index in [-0.39, 0.29) is 6.54 Å². The predicted octanol–water partition coefficient (Wildman–Crippen LogP) is 3.75. The van der Waals surface area contributed by atoms with E-state index in [0.29, 0.717) is 10.8 Å². The zero-order chi connectivity index (χ0) is 15.0. The molecule has 0 fully saturated rings. The third-order valence-corrected chi connectivity index (χ3v) is 3.62. The number of aliphatic carboxylic acids is 1. The number of hydrogen-bond acceptors (Lipinski definition) is 2. The first-order valence-electron chi connectivity index (χ1n) is 6.50. The maximum atomic E-state index is 11.2. The molecule has 0 aliphatic heterocycles. The van der Waals surface area contributed by atoms with Gasteiger partial charge in [0.25, 0.3) is 0 Å². The van der Waals surface area contributed by atoms with E-state index in [4.69, 9.17) is 16.7 Å². The van der Waals surface area contributed by atoms with E-state index in [1.807, 2.05) is 49.4 Å². The molecule has 1 N–H and O–H groups in total. The van der Waals surface area contributed by atoms with Crippen LogP contribution >= 0.6 is 11.6 Å². The number of imidazole rings is 1. The fourth-order valence-electron chi connectivity index (χ4n) is 2.41. The molecule has 0 unspecified atom stereocenters. The van der Waals surface area contributed by atoms with Gasteiger partial charge >= 0.3 is 5.97 Å². The molecule has 0 radical (unpaired) electrons. The van der Waals surface area contributed by atoms with Gasteiger partial charge in [-0.15, -0.1) is 0 Å². The van der Waals surface area contributed by atoms with Gasteiger partial charge in [-0.3, -0.25) is 4.79 Å². The number of rotatable bonds is 3. The molecular formula is C16H13ClN2O2. The maximum Gasteiger partial charge on any atom is 0.323 e. The van der Waals surface area contributed by atoms with Crippen molar-refractivity contribution in [2.75, 3.05) is 0 Å². The number of carboxylic acids is 1. The normalized spacial score (nSPS) is 11.0. The predicted molar refractivity (Wildman–Crippen MR) is 82.6 cm³/mol. The molecule has 106 valence electrons. The van der Waals surface area contributed by atoms with Crippen LogP contribution in [0.4, 0.5) is 0 Å². The number of carboxylic acid groups (broad SMARTS) is 1. The number of halogens is 1. The molecule has 21 heavy (non-hydrogen) atoms. The highest BCUT2D eigenvalue weighted by Gasteiger charge is 2.16. The minimum Gasteiger partial charge on any atom is -0.480 e. The highest BCUT2D eigenvalue weighted by molar-refractivity contribution is 6.30. The van der Waals surface area contributed by atoms with Crippen LogP contribution < -0.4 is 0 Å². The Labute approximate surface area is 126 Å². The van der Waals surface area contributed by atoms with Crippen LogP contribution in [-0.2, 0) is 11.3 Å². The van der Waals surface area contributed by atoms with Gasteiger partial charge in [0.05, 0.1) is 11.0 Å². The topological polar surface area (TPSA) is 55.1 Å². The second kappa shape index (κ2) is 5.22. The summed E-state index contributed by atoms with van der Waals surface area (Å²) < 4.78 is 1.70. The van der Waals surface area contributed by atoms with Crippen molar-refractivity contribution in [1.29, 1.82) is 0 Å². The number of carbonyl (C=O) groups is 1. The maximum absolute atomic E-state index is 11.2. The fraction of sp³-hybridized carbons (Fsp3) is 0.125. The van der Waals surface area contributed by atoms with E-state index >= 15 is 0 Å². The number of aryl methyl sites for hydroxylation is 1. The molecule has 4 nitrogen and oxygen atoms in total. The van der Waals surface area contributed by atoms with Crippen molar-refractivity contribution < 1.29 is 9.90 Å². The molecule has 5 heteroatoms. The summed E-state index contributed by atoms with van der Waals surface area (Å²) in [5.74, 6) is -0.280. The monoisotopic (exact) mass is 300 g/mol. The van der Waals surface area contributed by atoms with Crippen LogP contribution in [0, 0.1) is 6.92 Å². The van der Waals surface area contributed by atoms with E-state index in [9.17, 15) is 4.79 Å². The fourth-order valence-corrected chi connectivity index (χ4v) is 2.58. The van der Waals surface area contributed by atoms with Gasteiger partial charge < -0.3 is 9.67 Å². The molecule has 2 aromatic carbocycles. The van der Waals surface area contributed by atoms with E-state index in [0.717, 1.165) is 22.2 Å². The van der Waals surface area contributed by atoms with E-state index in [1.165, 1.54) is 0 Å². The summed E-state index contributed by atoms with van der Waals surface area (Å²) in [7, 11) is 0. The van der Waals surface area contributed by atoms with Crippen LogP contribution in [0.2, 0.25) is 5.02 Å². The van der Waals surface area contributed by atoms with Crippen LogP contribution in [-0.4, -0.2) is 20.6 Å². The van der Waals surface area contributed by atoms with Gasteiger partial charge in [0.15, 0.2) is 0 Å². The Hall–Kier alpha value is -2.33. The van der Waals surface area contributed by atoms with Gasteiger partial charge in [-0.25, -0.2) is 4.98 Å². The van der Waals surface area contributed by atoms with E-state index in [1.54, 1.807) is 4.57 Å². The van der Waals surface area contributed by atoms with Crippen LogP contribution in [0.15, 0.2) is 42.5 Å². The first kappa shape index (κ1) is 13.6. The lowest BCUT2D eigenvalue weighted by Gasteiger charge is -2.09.